The second-order valence-electron chi connectivity index (χ2n) is 3.84. The molecule has 0 radical (unpaired) electrons. The molecule has 0 amide bonds. The SMILES string of the molecule is CCC(=O)c1ccc(O)c2c1C(=O)C(Br)=CC2=O. The van der Waals surface area contributed by atoms with Gasteiger partial charge in [0.25, 0.3) is 0 Å². The molecule has 0 aliphatic heterocycles. The summed E-state index contributed by atoms with van der Waals surface area (Å²) in [5, 5.41) is 9.68. The molecule has 0 spiro atoms. The van der Waals surface area contributed by atoms with E-state index in [1.807, 2.05) is 0 Å². The number of rotatable bonds is 2. The maximum absolute atomic E-state index is 12.0. The van der Waals surface area contributed by atoms with E-state index in [1.165, 1.54) is 12.1 Å². The highest BCUT2D eigenvalue weighted by molar-refractivity contribution is 9.12. The molecule has 0 saturated carbocycles. The first-order chi connectivity index (χ1) is 8.47. The number of carbonyl (C=O) groups is 3. The van der Waals surface area contributed by atoms with Gasteiger partial charge in [-0.05, 0) is 28.1 Å². The molecule has 5 heteroatoms. The Labute approximate surface area is 111 Å². The van der Waals surface area contributed by atoms with E-state index in [4.69, 9.17) is 0 Å². The molecule has 0 aromatic heterocycles. The van der Waals surface area contributed by atoms with Crippen LogP contribution in [0.1, 0.15) is 44.4 Å². The summed E-state index contributed by atoms with van der Waals surface area (Å²) in [7, 11) is 0. The fourth-order valence-electron chi connectivity index (χ4n) is 1.87. The molecule has 4 nitrogen and oxygen atoms in total. The number of phenolic OH excluding ortho intramolecular Hbond substituents is 1. The van der Waals surface area contributed by atoms with Crippen LogP contribution in [0.15, 0.2) is 22.7 Å². The van der Waals surface area contributed by atoms with Gasteiger partial charge < -0.3 is 5.11 Å². The first-order valence-electron chi connectivity index (χ1n) is 5.32. The summed E-state index contributed by atoms with van der Waals surface area (Å²) in [6.45, 7) is 1.67. The molecule has 0 fully saturated rings. The van der Waals surface area contributed by atoms with Crippen molar-refractivity contribution in [2.45, 2.75) is 13.3 Å². The Bertz CT molecular complexity index is 614. The summed E-state index contributed by atoms with van der Waals surface area (Å²) >= 11 is 2.99. The number of hydrogen-bond acceptors (Lipinski definition) is 4. The van der Waals surface area contributed by atoms with E-state index >= 15 is 0 Å². The van der Waals surface area contributed by atoms with E-state index in [1.54, 1.807) is 6.92 Å². The average Bonchev–Trinajstić information content (AvgIpc) is 2.34. The van der Waals surface area contributed by atoms with Crippen LogP contribution >= 0.6 is 15.9 Å². The molecule has 1 N–H and O–H groups in total. The van der Waals surface area contributed by atoms with Crippen LogP contribution < -0.4 is 0 Å². The fraction of sp³-hybridized carbons (Fsp3) is 0.154. The zero-order valence-corrected chi connectivity index (χ0v) is 11.1. The van der Waals surface area contributed by atoms with Crippen LogP contribution in [-0.4, -0.2) is 22.5 Å². The second kappa shape index (κ2) is 4.49. The van der Waals surface area contributed by atoms with Crippen LogP contribution in [0.3, 0.4) is 0 Å². The van der Waals surface area contributed by atoms with Crippen molar-refractivity contribution in [2.75, 3.05) is 0 Å². The predicted octanol–water partition coefficient (Wildman–Crippen LogP) is 2.64. The van der Waals surface area contributed by atoms with Crippen molar-refractivity contribution in [3.05, 3.63) is 39.4 Å². The molecular formula is C13H9BrO4. The molecular weight excluding hydrogens is 300 g/mol. The van der Waals surface area contributed by atoms with Gasteiger partial charge in [0.1, 0.15) is 5.75 Å². The number of fused-ring (bicyclic) bond motifs is 1. The lowest BCUT2D eigenvalue weighted by Gasteiger charge is -2.16. The third-order valence-corrected chi connectivity index (χ3v) is 3.34. The Morgan fingerprint density at radius 1 is 1.28 bits per heavy atom. The van der Waals surface area contributed by atoms with Gasteiger partial charge in [-0.2, -0.15) is 0 Å². The molecule has 1 aromatic rings. The minimum atomic E-state index is -0.486. The predicted molar refractivity (Wildman–Crippen MR) is 68.4 cm³/mol. The van der Waals surface area contributed by atoms with Gasteiger partial charge in [0.2, 0.25) is 5.78 Å². The zero-order valence-electron chi connectivity index (χ0n) is 9.49. The van der Waals surface area contributed by atoms with E-state index < -0.39 is 11.6 Å². The third kappa shape index (κ3) is 1.80. The van der Waals surface area contributed by atoms with Crippen molar-refractivity contribution in [2.24, 2.45) is 0 Å². The van der Waals surface area contributed by atoms with Crippen molar-refractivity contribution < 1.29 is 19.5 Å². The van der Waals surface area contributed by atoms with E-state index in [0.717, 1.165) is 6.08 Å². The highest BCUT2D eigenvalue weighted by atomic mass is 79.9. The van der Waals surface area contributed by atoms with Crippen molar-refractivity contribution in [1.29, 1.82) is 0 Å². The lowest BCUT2D eigenvalue weighted by Crippen LogP contribution is -2.19. The number of aromatic hydroxyl groups is 1. The number of Topliss-reactive ketones (excluding diaryl/α,β-unsaturated/α-hetero) is 2. The number of ketones is 3. The summed E-state index contributed by atoms with van der Waals surface area (Å²) < 4.78 is 0.0933. The summed E-state index contributed by atoms with van der Waals surface area (Å²) in [4.78, 5) is 35.6. The maximum Gasteiger partial charge on any atom is 0.201 e. The third-order valence-electron chi connectivity index (χ3n) is 2.75. The second-order valence-corrected chi connectivity index (χ2v) is 4.70. The minimum absolute atomic E-state index is 0.0128. The Kier molecular flexibility index (Phi) is 3.17. The normalized spacial score (nSPS) is 14.2. The molecule has 0 saturated heterocycles. The topological polar surface area (TPSA) is 71.4 Å². The van der Waals surface area contributed by atoms with Crippen molar-refractivity contribution in [3.8, 4) is 5.75 Å². The van der Waals surface area contributed by atoms with Crippen LogP contribution in [0.4, 0.5) is 0 Å². The van der Waals surface area contributed by atoms with Gasteiger partial charge >= 0.3 is 0 Å². The molecule has 1 aliphatic carbocycles. The quantitative estimate of drug-likeness (QED) is 0.853. The molecule has 1 aromatic carbocycles. The molecule has 18 heavy (non-hydrogen) atoms. The number of carbonyl (C=O) groups excluding carboxylic acids is 3. The Balaban J connectivity index is 2.79. The van der Waals surface area contributed by atoms with Crippen molar-refractivity contribution >= 4 is 33.3 Å². The molecule has 2 rings (SSSR count). The number of hydrogen-bond donors (Lipinski definition) is 1. The van der Waals surface area contributed by atoms with Gasteiger partial charge in [-0.1, -0.05) is 6.92 Å². The molecule has 0 atom stereocenters. The van der Waals surface area contributed by atoms with E-state index in [2.05, 4.69) is 15.9 Å². The lowest BCUT2D eigenvalue weighted by atomic mass is 9.88. The number of benzene rings is 1. The van der Waals surface area contributed by atoms with Crippen LogP contribution in [0.25, 0.3) is 0 Å². The minimum Gasteiger partial charge on any atom is -0.507 e. The van der Waals surface area contributed by atoms with Gasteiger partial charge in [0.05, 0.1) is 10.0 Å². The maximum atomic E-state index is 12.0. The zero-order chi connectivity index (χ0) is 13.4. The molecule has 0 unspecified atom stereocenters. The van der Waals surface area contributed by atoms with Crippen LogP contribution in [0.2, 0.25) is 0 Å². The van der Waals surface area contributed by atoms with E-state index in [0.29, 0.717) is 0 Å². The highest BCUT2D eigenvalue weighted by Crippen LogP contribution is 2.33. The summed E-state index contributed by atoms with van der Waals surface area (Å²) in [6.07, 6.45) is 1.32. The Hall–Kier alpha value is -1.75. The van der Waals surface area contributed by atoms with Gasteiger partial charge in [0.15, 0.2) is 11.6 Å². The van der Waals surface area contributed by atoms with Gasteiger partial charge in [-0.25, -0.2) is 0 Å². The molecule has 92 valence electrons. The van der Waals surface area contributed by atoms with E-state index in [9.17, 15) is 19.5 Å². The van der Waals surface area contributed by atoms with Gasteiger partial charge in [0, 0.05) is 23.6 Å². The highest BCUT2D eigenvalue weighted by Gasteiger charge is 2.31. The molecule has 1 aliphatic rings. The van der Waals surface area contributed by atoms with Gasteiger partial charge in [-0.3, -0.25) is 14.4 Å². The summed E-state index contributed by atoms with van der Waals surface area (Å²) in [5.74, 6) is -1.47. The number of halogens is 1. The molecule has 0 heterocycles. The number of allylic oxidation sites excluding steroid dienone is 2. The first kappa shape index (κ1) is 12.7. The fourth-order valence-corrected chi connectivity index (χ4v) is 2.28. The summed E-state index contributed by atoms with van der Waals surface area (Å²) in [5.41, 5.74) is 0.0671. The van der Waals surface area contributed by atoms with Crippen LogP contribution in [0, 0.1) is 0 Å². The van der Waals surface area contributed by atoms with Crippen molar-refractivity contribution in [3.63, 3.8) is 0 Å². The first-order valence-corrected chi connectivity index (χ1v) is 6.12. The summed E-state index contributed by atoms with van der Waals surface area (Å²) in [6, 6.07) is 2.64. The number of phenols is 1. The van der Waals surface area contributed by atoms with E-state index in [-0.39, 0.29) is 39.1 Å². The Morgan fingerprint density at radius 3 is 2.56 bits per heavy atom. The lowest BCUT2D eigenvalue weighted by molar-refractivity contribution is 0.0964. The van der Waals surface area contributed by atoms with Crippen molar-refractivity contribution in [1.82, 2.24) is 0 Å². The largest absolute Gasteiger partial charge is 0.507 e. The standard InChI is InChI=1S/C13H9BrO4/c1-2-8(15)6-3-4-9(16)12-10(17)5-7(14)13(18)11(6)12/h3-5,16H,2H2,1H3. The molecule has 0 bridgehead atoms. The average molecular weight is 309 g/mol. The van der Waals surface area contributed by atoms with Crippen LogP contribution in [-0.2, 0) is 0 Å². The van der Waals surface area contributed by atoms with Gasteiger partial charge in [-0.15, -0.1) is 0 Å². The smallest absolute Gasteiger partial charge is 0.201 e. The Morgan fingerprint density at radius 2 is 1.94 bits per heavy atom. The van der Waals surface area contributed by atoms with Crippen LogP contribution in [0.5, 0.6) is 5.75 Å². The monoisotopic (exact) mass is 308 g/mol.